The molecule has 458 valence electrons. The van der Waals surface area contributed by atoms with Crippen molar-refractivity contribution in [3.63, 3.8) is 0 Å². The van der Waals surface area contributed by atoms with Crippen LogP contribution in [0.4, 0.5) is 0 Å². The molecule has 4 heterocycles. The van der Waals surface area contributed by atoms with Crippen LogP contribution in [-0.4, -0.2) is 170 Å². The van der Waals surface area contributed by atoms with Gasteiger partial charge >= 0.3 is 23.9 Å². The van der Waals surface area contributed by atoms with E-state index in [2.05, 4.69) is 26.3 Å². The maximum absolute atomic E-state index is 12.0. The van der Waals surface area contributed by atoms with Gasteiger partial charge in [0.2, 0.25) is 20.5 Å². The van der Waals surface area contributed by atoms with Crippen LogP contribution in [0, 0.1) is 52.8 Å². The number of hydrogen-bond acceptors (Lipinski definition) is 28. The van der Waals surface area contributed by atoms with Gasteiger partial charge in [-0.1, -0.05) is 87.2 Å². The van der Waals surface area contributed by atoms with E-state index in [9.17, 15) is 72.0 Å². The second-order valence-corrected chi connectivity index (χ2v) is 33.8. The Kier molecular flexibility index (Phi) is 18.5. The van der Waals surface area contributed by atoms with Crippen molar-refractivity contribution < 1.29 is 108 Å². The van der Waals surface area contributed by atoms with E-state index < -0.39 is 134 Å². The number of thioether (sulfide) groups is 4. The molecule has 24 nitrogen and oxygen atoms in total. The number of esters is 4. The van der Waals surface area contributed by atoms with Crippen molar-refractivity contribution >= 4 is 132 Å². The third kappa shape index (κ3) is 12.3. The summed E-state index contributed by atoms with van der Waals surface area (Å²) in [7, 11) is -14.1. The predicted molar refractivity (Wildman–Crippen MR) is 299 cm³/mol. The molecule has 0 amide bonds. The maximum Gasteiger partial charge on any atom is 0.316 e. The topological polar surface area (TPSA) is 347 Å². The molecule has 0 aromatic heterocycles. The molecule has 4 saturated heterocycles. The first-order valence-electron chi connectivity index (χ1n) is 26.5. The lowest BCUT2D eigenvalue weighted by molar-refractivity contribution is -0.160. The Morgan fingerprint density at radius 2 is 0.940 bits per heavy atom. The summed E-state index contributed by atoms with van der Waals surface area (Å²) < 4.78 is 137. The fourth-order valence-electron chi connectivity index (χ4n) is 15.0. The molecule has 21 atom stereocenters. The normalized spacial score (nSPS) is 41.4. The smallest absolute Gasteiger partial charge is 0.316 e. The standard InChI is InChI=1S/3C13H16O6S2.C12H14O6S2/c1-3-10(15)20-6-9(14)18-12-11-7-4-13(12,2)5-8(7)21(16,17)19-11;1-3-11(15)20-6-10(14)18-12-7-4-8-9(5-7)21(16,17)19-13(8,12)2;1-3-10(15)20-5-9(14)18-11-7-4-8-12(11)19-21(16,17)13(8)6(7)2;1-2-10(14)19-5-9(13)17-11-6-3-7-8(4-6)20(15,16)18-12(7)11/h3,7-8,11-12H,1,4-6H2,2H3;3,7-9,12H,1,4-6H2,2H3;3,6-8,11-13H,1,4-5H2,2H3;2,6-8,11-12H,1,3-5H2. The van der Waals surface area contributed by atoms with Gasteiger partial charge in [-0.05, 0) is 82.1 Å². The summed E-state index contributed by atoms with van der Waals surface area (Å²) in [5.41, 5.74) is -1.30. The van der Waals surface area contributed by atoms with E-state index in [1.165, 1.54) is 0 Å². The number of hydrogen-bond donors (Lipinski definition) is 0. The molecule has 21 unspecified atom stereocenters. The Morgan fingerprint density at radius 3 is 1.48 bits per heavy atom. The first-order chi connectivity index (χ1) is 38.8. The van der Waals surface area contributed by atoms with Gasteiger partial charge in [-0.15, -0.1) is 0 Å². The Labute approximate surface area is 497 Å². The molecule has 0 aromatic carbocycles. The van der Waals surface area contributed by atoms with Crippen molar-refractivity contribution in [3.05, 3.63) is 50.6 Å². The van der Waals surface area contributed by atoms with Gasteiger partial charge in [0.15, 0.2) is 0 Å². The van der Waals surface area contributed by atoms with Gasteiger partial charge < -0.3 is 18.9 Å². The summed E-state index contributed by atoms with van der Waals surface area (Å²) in [6, 6.07) is 0. The third-order valence-corrected chi connectivity index (χ3v) is 28.8. The van der Waals surface area contributed by atoms with Crippen molar-refractivity contribution in [1.29, 1.82) is 0 Å². The molecule has 0 aromatic rings. The van der Waals surface area contributed by atoms with Crippen LogP contribution in [0.1, 0.15) is 65.7 Å². The zero-order valence-electron chi connectivity index (χ0n) is 44.9. The molecule has 8 aliphatic carbocycles. The van der Waals surface area contributed by atoms with Crippen LogP contribution >= 0.6 is 47.0 Å². The van der Waals surface area contributed by atoms with Crippen LogP contribution in [0.15, 0.2) is 50.6 Å². The molecule has 32 heteroatoms. The van der Waals surface area contributed by atoms with Gasteiger partial charge in [0, 0.05) is 46.8 Å². The van der Waals surface area contributed by atoms with Gasteiger partial charge in [0.25, 0.3) is 40.5 Å². The van der Waals surface area contributed by atoms with Gasteiger partial charge in [0.05, 0.1) is 44.0 Å². The van der Waals surface area contributed by atoms with Crippen LogP contribution in [0.25, 0.3) is 0 Å². The molecule has 12 rings (SSSR count). The van der Waals surface area contributed by atoms with Crippen molar-refractivity contribution in [3.8, 4) is 0 Å². The molecule has 12 fully saturated rings. The zero-order chi connectivity index (χ0) is 60.7. The SMILES string of the molecule is C=CC(=O)SCC(=O)OC1C2CC3C(C2)S(=O)(=O)OC31C.C=CC(=O)SCC(=O)OC1C2CC3C1OS(=O)(=O)C3C2.C=CC(=O)SCC(=O)OC1C2CC3C1OS(=O)(=O)C3C2C.C=CC(=O)SCC(=O)OC1C2OS(=O)(=O)C3CC1(C)CC23. The van der Waals surface area contributed by atoms with Crippen molar-refractivity contribution in [2.75, 3.05) is 23.0 Å². The molecule has 4 aliphatic heterocycles. The van der Waals surface area contributed by atoms with E-state index >= 15 is 0 Å². The molecule has 8 saturated carbocycles. The molecule has 0 spiro atoms. The van der Waals surface area contributed by atoms with E-state index in [0.717, 1.165) is 77.8 Å². The van der Waals surface area contributed by atoms with Gasteiger partial charge in [-0.2, -0.15) is 33.7 Å². The maximum atomic E-state index is 12.0. The Balaban J connectivity index is 0.000000133. The molecular formula is C51H62O24S8. The molecular weight excluding hydrogens is 1250 g/mol. The number of rotatable bonds is 16. The molecule has 0 N–H and O–H groups in total. The van der Waals surface area contributed by atoms with Crippen LogP contribution in [0.5, 0.6) is 0 Å². The largest absolute Gasteiger partial charge is 0.459 e. The minimum Gasteiger partial charge on any atom is -0.459 e. The molecule has 12 aliphatic rings. The van der Waals surface area contributed by atoms with E-state index in [-0.39, 0.29) is 96.2 Å². The Morgan fingerprint density at radius 1 is 0.482 bits per heavy atom. The van der Waals surface area contributed by atoms with E-state index in [1.54, 1.807) is 6.92 Å². The second kappa shape index (κ2) is 23.9. The summed E-state index contributed by atoms with van der Waals surface area (Å²) in [5, 5.41) is -3.00. The molecule has 0 radical (unpaired) electrons. The third-order valence-electron chi connectivity index (χ3n) is 18.2. The van der Waals surface area contributed by atoms with Crippen LogP contribution in [0.2, 0.25) is 0 Å². The number of fused-ring (bicyclic) bond motifs is 4. The van der Waals surface area contributed by atoms with E-state index in [0.29, 0.717) is 38.5 Å². The average Bonchev–Trinajstić information content (AvgIpc) is 1.93. The minimum atomic E-state index is -3.55. The summed E-state index contributed by atoms with van der Waals surface area (Å²) >= 11 is 3.26. The summed E-state index contributed by atoms with van der Waals surface area (Å²) in [4.78, 5) is 91.5. The number of ether oxygens (including phenoxy) is 4. The number of carbonyl (C=O) groups is 8. The highest BCUT2D eigenvalue weighted by Crippen LogP contribution is 2.63. The highest BCUT2D eigenvalue weighted by molar-refractivity contribution is 8.15. The van der Waals surface area contributed by atoms with Crippen LogP contribution in [0.3, 0.4) is 0 Å². The monoisotopic (exact) mass is 1310 g/mol. The van der Waals surface area contributed by atoms with E-state index in [1.807, 2.05) is 13.8 Å². The van der Waals surface area contributed by atoms with Gasteiger partial charge in [0.1, 0.15) is 48.3 Å². The average molecular weight is 1320 g/mol. The van der Waals surface area contributed by atoms with E-state index in [4.69, 9.17) is 35.7 Å². The first-order valence-corrected chi connectivity index (χ1v) is 36.3. The molecule has 8 bridgehead atoms. The van der Waals surface area contributed by atoms with Crippen molar-refractivity contribution in [1.82, 2.24) is 0 Å². The lowest BCUT2D eigenvalue weighted by Crippen LogP contribution is -2.47. The first kappa shape index (κ1) is 64.0. The summed E-state index contributed by atoms with van der Waals surface area (Å²) in [5.74, 6) is -2.80. The second-order valence-electron chi connectivity index (χ2n) is 22.9. The van der Waals surface area contributed by atoms with Crippen LogP contribution < -0.4 is 0 Å². The lowest BCUT2D eigenvalue weighted by Gasteiger charge is -2.33. The predicted octanol–water partition coefficient (Wildman–Crippen LogP) is 2.95. The fourth-order valence-corrected chi connectivity index (χ4v) is 24.8. The van der Waals surface area contributed by atoms with Crippen LogP contribution in [-0.2, 0) is 115 Å². The highest BCUT2D eigenvalue weighted by atomic mass is 32.2. The van der Waals surface area contributed by atoms with Gasteiger partial charge in [-0.3, -0.25) is 55.1 Å². The van der Waals surface area contributed by atoms with Crippen molar-refractivity contribution in [2.24, 2.45) is 52.8 Å². The quantitative estimate of drug-likeness (QED) is 0.0927. The summed E-state index contributed by atoms with van der Waals surface area (Å²) in [6.45, 7) is 18.8. The summed E-state index contributed by atoms with van der Waals surface area (Å²) in [6.07, 6.45) is 5.04. The zero-order valence-corrected chi connectivity index (χ0v) is 51.5. The van der Waals surface area contributed by atoms with Gasteiger partial charge in [-0.25, -0.2) is 0 Å². The minimum absolute atomic E-state index is 0.0198. The molecule has 83 heavy (non-hydrogen) atoms. The highest BCUT2D eigenvalue weighted by Gasteiger charge is 2.73. The fraction of sp³-hybridized carbons (Fsp3) is 0.686. The Bertz CT molecular complexity index is 3190. The van der Waals surface area contributed by atoms with Crippen molar-refractivity contribution in [2.45, 2.75) is 135 Å². The Hall–Kier alpha value is -3.44. The number of carbonyl (C=O) groups excluding carboxylic acids is 8. The lowest BCUT2D eigenvalue weighted by atomic mass is 9.82.